The van der Waals surface area contributed by atoms with E-state index in [9.17, 15) is 19.8 Å². The first-order valence-electron chi connectivity index (χ1n) is 29.9. The number of aliphatic hydroxyl groups excluding tert-OH is 2. The first kappa shape index (κ1) is 64.6. The topological polar surface area (TPSA) is 95.9 Å². The van der Waals surface area contributed by atoms with E-state index in [1.165, 1.54) is 257 Å². The van der Waals surface area contributed by atoms with Crippen LogP contribution < -0.4 is 5.32 Å². The van der Waals surface area contributed by atoms with E-state index in [0.29, 0.717) is 25.9 Å². The monoisotopic (exact) mass is 932 g/mol. The summed E-state index contributed by atoms with van der Waals surface area (Å²) in [7, 11) is 0. The molecule has 0 bridgehead atoms. The third-order valence-electron chi connectivity index (χ3n) is 14.1. The van der Waals surface area contributed by atoms with Crippen LogP contribution in [0.25, 0.3) is 0 Å². The maximum atomic E-state index is 12.5. The van der Waals surface area contributed by atoms with Crippen LogP contribution in [0.2, 0.25) is 0 Å². The Balaban J connectivity index is 3.41. The van der Waals surface area contributed by atoms with E-state index in [1.807, 2.05) is 0 Å². The second kappa shape index (κ2) is 56.2. The van der Waals surface area contributed by atoms with Gasteiger partial charge in [-0.25, -0.2) is 0 Å². The van der Waals surface area contributed by atoms with Gasteiger partial charge in [0.15, 0.2) is 0 Å². The first-order valence-corrected chi connectivity index (χ1v) is 29.9. The van der Waals surface area contributed by atoms with E-state index >= 15 is 0 Å². The van der Waals surface area contributed by atoms with Crippen LogP contribution in [-0.2, 0) is 14.3 Å². The zero-order valence-electron chi connectivity index (χ0n) is 44.7. The predicted molar refractivity (Wildman–Crippen MR) is 287 cm³/mol. The van der Waals surface area contributed by atoms with Crippen LogP contribution >= 0.6 is 0 Å². The Labute approximate surface area is 412 Å². The molecule has 2 unspecified atom stereocenters. The van der Waals surface area contributed by atoms with Crippen molar-refractivity contribution in [1.82, 2.24) is 5.32 Å². The van der Waals surface area contributed by atoms with Gasteiger partial charge in [0.05, 0.1) is 25.4 Å². The van der Waals surface area contributed by atoms with E-state index in [-0.39, 0.29) is 18.5 Å². The van der Waals surface area contributed by atoms with Gasteiger partial charge in [-0.05, 0) is 44.9 Å². The Morgan fingerprint density at radius 2 is 0.727 bits per heavy atom. The maximum Gasteiger partial charge on any atom is 0.305 e. The van der Waals surface area contributed by atoms with Crippen molar-refractivity contribution in [3.63, 3.8) is 0 Å². The number of carbonyl (C=O) groups is 2. The number of ether oxygens (including phenoxy) is 1. The minimum absolute atomic E-state index is 0.00133. The van der Waals surface area contributed by atoms with Crippen LogP contribution in [0.3, 0.4) is 0 Å². The lowest BCUT2D eigenvalue weighted by Crippen LogP contribution is -2.45. The summed E-state index contributed by atoms with van der Waals surface area (Å²) in [6, 6.07) is -0.543. The van der Waals surface area contributed by atoms with E-state index in [2.05, 4.69) is 31.3 Å². The molecule has 0 saturated heterocycles. The molecule has 0 saturated carbocycles. The molecule has 6 nitrogen and oxygen atoms in total. The van der Waals surface area contributed by atoms with Gasteiger partial charge < -0.3 is 20.3 Å². The summed E-state index contributed by atoms with van der Waals surface area (Å²) >= 11 is 0. The van der Waals surface area contributed by atoms with Gasteiger partial charge in [-0.2, -0.15) is 0 Å². The number of nitrogens with one attached hydrogen (secondary N) is 1. The number of hydrogen-bond donors (Lipinski definition) is 3. The molecule has 0 rings (SSSR count). The second-order valence-electron chi connectivity index (χ2n) is 20.7. The molecule has 0 aliphatic heterocycles. The minimum atomic E-state index is -0.666. The van der Waals surface area contributed by atoms with Crippen molar-refractivity contribution in [2.24, 2.45) is 0 Å². The summed E-state index contributed by atoms with van der Waals surface area (Å²) in [5.74, 6) is -0.0360. The molecule has 1 amide bonds. The molecule has 0 aliphatic rings. The van der Waals surface area contributed by atoms with Gasteiger partial charge in [0.25, 0.3) is 0 Å². The Kier molecular flexibility index (Phi) is 55.0. The van der Waals surface area contributed by atoms with Gasteiger partial charge in [-0.15, -0.1) is 0 Å². The maximum absolute atomic E-state index is 12.5. The molecule has 3 N–H and O–H groups in total. The number of aliphatic hydroxyl groups is 2. The average Bonchev–Trinajstić information content (AvgIpc) is 3.32. The lowest BCUT2D eigenvalue weighted by Gasteiger charge is -2.22. The van der Waals surface area contributed by atoms with Crippen LogP contribution in [0.1, 0.15) is 335 Å². The molecule has 392 valence electrons. The predicted octanol–water partition coefficient (Wildman–Crippen LogP) is 18.5. The van der Waals surface area contributed by atoms with Crippen molar-refractivity contribution in [3.8, 4) is 0 Å². The highest BCUT2D eigenvalue weighted by molar-refractivity contribution is 5.76. The average molecular weight is 933 g/mol. The van der Waals surface area contributed by atoms with Crippen molar-refractivity contribution in [1.29, 1.82) is 0 Å². The Hall–Kier alpha value is -1.40. The fourth-order valence-corrected chi connectivity index (χ4v) is 9.45. The number of rotatable bonds is 56. The summed E-state index contributed by atoms with van der Waals surface area (Å²) in [4.78, 5) is 24.5. The smallest absolute Gasteiger partial charge is 0.305 e. The van der Waals surface area contributed by atoms with E-state index in [1.54, 1.807) is 0 Å². The second-order valence-corrected chi connectivity index (χ2v) is 20.7. The highest BCUT2D eigenvalue weighted by atomic mass is 16.5. The SMILES string of the molecule is CCCC/C=C\CCCCCCCC(=O)OCCCCCCCCCCCCCCCCCCCCCC(=O)NC(CO)C(O)CCCCCCCCCCCCCCCCCCCCC. The largest absolute Gasteiger partial charge is 0.466 e. The zero-order chi connectivity index (χ0) is 47.9. The molecule has 0 radical (unpaired) electrons. The quantitative estimate of drug-likeness (QED) is 0.0321. The normalized spacial score (nSPS) is 12.6. The molecule has 2 atom stereocenters. The molecule has 0 fully saturated rings. The molecule has 0 heterocycles. The van der Waals surface area contributed by atoms with Crippen molar-refractivity contribution < 1.29 is 24.5 Å². The fourth-order valence-electron chi connectivity index (χ4n) is 9.45. The number of esters is 1. The van der Waals surface area contributed by atoms with Crippen LogP contribution in [0.15, 0.2) is 12.2 Å². The van der Waals surface area contributed by atoms with Crippen molar-refractivity contribution in [2.45, 2.75) is 347 Å². The summed E-state index contributed by atoms with van der Waals surface area (Å²) in [6.07, 6.45) is 66.4. The first-order chi connectivity index (χ1) is 32.5. The molecule has 0 spiro atoms. The van der Waals surface area contributed by atoms with Crippen LogP contribution in [0.4, 0.5) is 0 Å². The summed E-state index contributed by atoms with van der Waals surface area (Å²) in [5.41, 5.74) is 0. The summed E-state index contributed by atoms with van der Waals surface area (Å²) in [6.45, 7) is 4.93. The molecular weight excluding hydrogens is 815 g/mol. The van der Waals surface area contributed by atoms with E-state index < -0.39 is 12.1 Å². The van der Waals surface area contributed by atoms with E-state index in [4.69, 9.17) is 4.74 Å². The van der Waals surface area contributed by atoms with Gasteiger partial charge in [0.2, 0.25) is 5.91 Å². The third kappa shape index (κ3) is 52.0. The molecule has 0 aromatic rings. The number of amides is 1. The van der Waals surface area contributed by atoms with Crippen molar-refractivity contribution in [3.05, 3.63) is 12.2 Å². The van der Waals surface area contributed by atoms with Gasteiger partial charge in [-0.1, -0.05) is 289 Å². The van der Waals surface area contributed by atoms with Crippen LogP contribution in [0, 0.1) is 0 Å². The van der Waals surface area contributed by atoms with Crippen LogP contribution in [0.5, 0.6) is 0 Å². The molecular formula is C60H117NO5. The third-order valence-corrected chi connectivity index (χ3v) is 14.1. The molecule has 0 aliphatic carbocycles. The lowest BCUT2D eigenvalue weighted by molar-refractivity contribution is -0.143. The van der Waals surface area contributed by atoms with Crippen molar-refractivity contribution >= 4 is 11.9 Å². The number of hydrogen-bond acceptors (Lipinski definition) is 5. The lowest BCUT2D eigenvalue weighted by atomic mass is 10.0. The van der Waals surface area contributed by atoms with Gasteiger partial charge in [0.1, 0.15) is 0 Å². The highest BCUT2D eigenvalue weighted by Crippen LogP contribution is 2.18. The molecule has 6 heteroatoms. The number of unbranched alkanes of at least 4 members (excludes halogenated alkanes) is 43. The Morgan fingerprint density at radius 3 is 1.12 bits per heavy atom. The van der Waals surface area contributed by atoms with E-state index in [0.717, 1.165) is 44.9 Å². The van der Waals surface area contributed by atoms with Crippen molar-refractivity contribution in [2.75, 3.05) is 13.2 Å². The van der Waals surface area contributed by atoms with Gasteiger partial charge in [0, 0.05) is 12.8 Å². The zero-order valence-corrected chi connectivity index (χ0v) is 44.7. The molecule has 0 aromatic carbocycles. The van der Waals surface area contributed by atoms with Gasteiger partial charge in [-0.3, -0.25) is 9.59 Å². The van der Waals surface area contributed by atoms with Gasteiger partial charge >= 0.3 is 5.97 Å². The summed E-state index contributed by atoms with van der Waals surface area (Å²) < 4.78 is 5.45. The molecule has 66 heavy (non-hydrogen) atoms. The van der Waals surface area contributed by atoms with Crippen LogP contribution in [-0.4, -0.2) is 47.4 Å². The fraction of sp³-hybridized carbons (Fsp3) is 0.933. The highest BCUT2D eigenvalue weighted by Gasteiger charge is 2.20. The minimum Gasteiger partial charge on any atom is -0.466 e. The Bertz CT molecular complexity index is 986. The standard InChI is InChI=1S/C60H117NO5/c1-3-5-7-9-11-13-15-16-17-18-20-23-26-29-33-36-40-44-48-52-58(63)57(56-62)61-59(64)53-49-45-41-37-34-30-27-24-21-19-22-25-28-31-35-39-43-47-51-55-66-60(65)54-50-46-42-38-32-14-12-10-8-6-4-2/h10,12,57-58,62-63H,3-9,11,13-56H2,1-2H3,(H,61,64)/b12-10-. The Morgan fingerprint density at radius 1 is 0.409 bits per heavy atom. The number of carbonyl (C=O) groups excluding carboxylic acids is 2. The molecule has 0 aromatic heterocycles. The number of allylic oxidation sites excluding steroid dienone is 2. The summed E-state index contributed by atoms with van der Waals surface area (Å²) in [5, 5.41) is 23.3.